The van der Waals surface area contributed by atoms with Crippen LogP contribution < -0.4 is 10.5 Å². The van der Waals surface area contributed by atoms with Gasteiger partial charge >= 0.3 is 0 Å². The number of benzene rings is 1. The Kier molecular flexibility index (Phi) is 5.05. The minimum Gasteiger partial charge on any atom is -0.394 e. The fraction of sp³-hybridized carbons (Fsp3) is 0.400. The standard InChI is InChI=1S/C10H14F2N2O4S2/c1-2-19(15,16)6-5-14-20(17,18)8-4-3-7(11)10(13)9(8)12/h3-4,14H,2,5-6,13H2,1H3. The molecule has 1 aromatic rings. The maximum absolute atomic E-state index is 13.6. The molecule has 3 N–H and O–H groups in total. The van der Waals surface area contributed by atoms with Crippen LogP contribution in [-0.4, -0.2) is 34.9 Å². The lowest BCUT2D eigenvalue weighted by Gasteiger charge is -2.09. The first-order valence-electron chi connectivity index (χ1n) is 5.54. The van der Waals surface area contributed by atoms with Gasteiger partial charge in [0.1, 0.15) is 16.4 Å². The second kappa shape index (κ2) is 6.02. The van der Waals surface area contributed by atoms with E-state index in [1.807, 2.05) is 4.72 Å². The molecule has 114 valence electrons. The predicted octanol–water partition coefficient (Wildman–Crippen LogP) is 0.260. The summed E-state index contributed by atoms with van der Waals surface area (Å²) in [6, 6.07) is 1.44. The molecule has 0 radical (unpaired) electrons. The molecule has 20 heavy (non-hydrogen) atoms. The van der Waals surface area contributed by atoms with Crippen molar-refractivity contribution in [2.75, 3.05) is 23.8 Å². The Morgan fingerprint density at radius 2 is 1.80 bits per heavy atom. The van der Waals surface area contributed by atoms with E-state index in [1.165, 1.54) is 6.92 Å². The summed E-state index contributed by atoms with van der Waals surface area (Å²) in [5, 5.41) is 0. The zero-order chi connectivity index (χ0) is 15.6. The lowest BCUT2D eigenvalue weighted by atomic mass is 10.3. The molecule has 0 spiro atoms. The van der Waals surface area contributed by atoms with Crippen LogP contribution in [-0.2, 0) is 19.9 Å². The van der Waals surface area contributed by atoms with Gasteiger partial charge in [0.05, 0.1) is 5.75 Å². The van der Waals surface area contributed by atoms with Crippen LogP contribution in [0.4, 0.5) is 14.5 Å². The van der Waals surface area contributed by atoms with Gasteiger partial charge in [0.25, 0.3) is 0 Å². The van der Waals surface area contributed by atoms with E-state index in [0.29, 0.717) is 0 Å². The molecule has 0 amide bonds. The predicted molar refractivity (Wildman–Crippen MR) is 70.3 cm³/mol. The third kappa shape index (κ3) is 3.87. The first-order chi connectivity index (χ1) is 9.10. The zero-order valence-electron chi connectivity index (χ0n) is 10.6. The number of sulfone groups is 1. The number of sulfonamides is 1. The van der Waals surface area contributed by atoms with E-state index in [9.17, 15) is 25.6 Å². The van der Waals surface area contributed by atoms with Crippen LogP contribution in [0.3, 0.4) is 0 Å². The van der Waals surface area contributed by atoms with Crippen molar-refractivity contribution in [2.45, 2.75) is 11.8 Å². The van der Waals surface area contributed by atoms with Crippen molar-refractivity contribution < 1.29 is 25.6 Å². The van der Waals surface area contributed by atoms with Gasteiger partial charge in [0, 0.05) is 12.3 Å². The molecule has 0 aliphatic carbocycles. The lowest BCUT2D eigenvalue weighted by molar-refractivity contribution is 0.549. The van der Waals surface area contributed by atoms with Gasteiger partial charge < -0.3 is 5.73 Å². The van der Waals surface area contributed by atoms with Crippen molar-refractivity contribution in [2.24, 2.45) is 0 Å². The highest BCUT2D eigenvalue weighted by Gasteiger charge is 2.22. The van der Waals surface area contributed by atoms with E-state index < -0.39 is 54.4 Å². The molecular formula is C10H14F2N2O4S2. The second-order valence-corrected chi connectivity index (χ2v) is 8.12. The minimum absolute atomic E-state index is 0.132. The van der Waals surface area contributed by atoms with Crippen molar-refractivity contribution in [3.05, 3.63) is 23.8 Å². The number of rotatable bonds is 6. The Balaban J connectivity index is 2.93. The summed E-state index contributed by atoms with van der Waals surface area (Å²) in [4.78, 5) is -0.828. The molecular weight excluding hydrogens is 314 g/mol. The summed E-state index contributed by atoms with van der Waals surface area (Å²) in [6.45, 7) is 1.01. The van der Waals surface area contributed by atoms with Crippen molar-refractivity contribution >= 4 is 25.5 Å². The Labute approximate surface area is 115 Å². The molecule has 0 saturated heterocycles. The summed E-state index contributed by atoms with van der Waals surface area (Å²) in [6.07, 6.45) is 0. The molecule has 0 aromatic heterocycles. The summed E-state index contributed by atoms with van der Waals surface area (Å²) >= 11 is 0. The fourth-order valence-electron chi connectivity index (χ4n) is 1.31. The average molecular weight is 328 g/mol. The number of nitrogen functional groups attached to an aromatic ring is 1. The smallest absolute Gasteiger partial charge is 0.243 e. The molecule has 6 nitrogen and oxygen atoms in total. The summed E-state index contributed by atoms with van der Waals surface area (Å²) in [5.74, 6) is -3.03. The third-order valence-electron chi connectivity index (χ3n) is 2.53. The molecule has 0 bridgehead atoms. The molecule has 1 aromatic carbocycles. The molecule has 1 rings (SSSR count). The number of hydrogen-bond donors (Lipinski definition) is 2. The van der Waals surface area contributed by atoms with E-state index in [1.54, 1.807) is 0 Å². The van der Waals surface area contributed by atoms with Crippen LogP contribution in [0, 0.1) is 11.6 Å². The Morgan fingerprint density at radius 3 is 2.35 bits per heavy atom. The zero-order valence-corrected chi connectivity index (χ0v) is 12.2. The highest BCUT2D eigenvalue weighted by Crippen LogP contribution is 2.22. The molecule has 0 fully saturated rings. The first-order valence-corrected chi connectivity index (χ1v) is 8.84. The number of anilines is 1. The van der Waals surface area contributed by atoms with Crippen molar-refractivity contribution in [1.82, 2.24) is 4.72 Å². The van der Waals surface area contributed by atoms with Gasteiger partial charge in [-0.25, -0.2) is 30.3 Å². The quantitative estimate of drug-likeness (QED) is 0.729. The van der Waals surface area contributed by atoms with Gasteiger partial charge in [-0.15, -0.1) is 0 Å². The van der Waals surface area contributed by atoms with Gasteiger partial charge in [0.15, 0.2) is 15.7 Å². The van der Waals surface area contributed by atoms with Gasteiger partial charge in [-0.3, -0.25) is 0 Å². The topological polar surface area (TPSA) is 106 Å². The average Bonchev–Trinajstić information content (AvgIpc) is 2.35. The van der Waals surface area contributed by atoms with Crippen LogP contribution in [0.15, 0.2) is 17.0 Å². The van der Waals surface area contributed by atoms with E-state index >= 15 is 0 Å². The van der Waals surface area contributed by atoms with Crippen LogP contribution in [0.25, 0.3) is 0 Å². The number of hydrogen-bond acceptors (Lipinski definition) is 5. The normalized spacial score (nSPS) is 12.6. The molecule has 0 unspecified atom stereocenters. The molecule has 0 heterocycles. The number of nitrogens with one attached hydrogen (secondary N) is 1. The maximum Gasteiger partial charge on any atom is 0.243 e. The Bertz CT molecular complexity index is 702. The molecule has 10 heteroatoms. The molecule has 0 saturated carbocycles. The van der Waals surface area contributed by atoms with Crippen molar-refractivity contribution in [3.8, 4) is 0 Å². The van der Waals surface area contributed by atoms with Crippen LogP contribution in [0.2, 0.25) is 0 Å². The highest BCUT2D eigenvalue weighted by molar-refractivity contribution is 7.91. The maximum atomic E-state index is 13.6. The monoisotopic (exact) mass is 328 g/mol. The van der Waals surface area contributed by atoms with Gasteiger partial charge in [-0.05, 0) is 12.1 Å². The van der Waals surface area contributed by atoms with E-state index in [0.717, 1.165) is 12.1 Å². The fourth-order valence-corrected chi connectivity index (χ4v) is 3.26. The van der Waals surface area contributed by atoms with Crippen molar-refractivity contribution in [3.63, 3.8) is 0 Å². The number of nitrogens with two attached hydrogens (primary N) is 1. The van der Waals surface area contributed by atoms with Crippen LogP contribution in [0.1, 0.15) is 6.92 Å². The third-order valence-corrected chi connectivity index (χ3v) is 5.71. The lowest BCUT2D eigenvalue weighted by Crippen LogP contribution is -2.30. The van der Waals surface area contributed by atoms with E-state index in [2.05, 4.69) is 0 Å². The van der Waals surface area contributed by atoms with Crippen LogP contribution >= 0.6 is 0 Å². The molecule has 0 aliphatic rings. The summed E-state index contributed by atoms with van der Waals surface area (Å²) < 4.78 is 74.4. The van der Waals surface area contributed by atoms with Gasteiger partial charge in [-0.1, -0.05) is 6.92 Å². The summed E-state index contributed by atoms with van der Waals surface area (Å²) in [7, 11) is -7.65. The first kappa shape index (κ1) is 16.8. The van der Waals surface area contributed by atoms with Gasteiger partial charge in [-0.2, -0.15) is 0 Å². The van der Waals surface area contributed by atoms with Crippen molar-refractivity contribution in [1.29, 1.82) is 0 Å². The molecule has 0 aliphatic heterocycles. The largest absolute Gasteiger partial charge is 0.394 e. The number of halogens is 2. The second-order valence-electron chi connectivity index (χ2n) is 3.91. The minimum atomic E-state index is -4.30. The van der Waals surface area contributed by atoms with Crippen LogP contribution in [0.5, 0.6) is 0 Å². The van der Waals surface area contributed by atoms with E-state index in [4.69, 9.17) is 5.73 Å². The summed E-state index contributed by atoms with van der Waals surface area (Å²) in [5.41, 5.74) is 4.15. The van der Waals surface area contributed by atoms with Gasteiger partial charge in [0.2, 0.25) is 10.0 Å². The Hall–Kier alpha value is -1.26. The molecule has 0 atom stereocenters. The van der Waals surface area contributed by atoms with E-state index in [-0.39, 0.29) is 5.75 Å². The Morgan fingerprint density at radius 1 is 1.20 bits per heavy atom. The highest BCUT2D eigenvalue weighted by atomic mass is 32.2. The SMILES string of the molecule is CCS(=O)(=O)CCNS(=O)(=O)c1ccc(F)c(N)c1F.